The molecule has 8 unspecified atom stereocenters. The van der Waals surface area contributed by atoms with Crippen LogP contribution in [-0.4, -0.2) is 11.2 Å². The van der Waals surface area contributed by atoms with E-state index in [4.69, 9.17) is 0 Å². The molecule has 25 heavy (non-hydrogen) atoms. The van der Waals surface area contributed by atoms with Crippen LogP contribution in [0, 0.1) is 40.4 Å². The Kier molecular flexibility index (Phi) is 4.63. The zero-order valence-corrected chi connectivity index (χ0v) is 17.1. The third kappa shape index (κ3) is 2.67. The average Bonchev–Trinajstić information content (AvgIpc) is 2.93. The molecule has 0 saturated heterocycles. The van der Waals surface area contributed by atoms with Gasteiger partial charge in [0.1, 0.15) is 0 Å². The first-order valence-electron chi connectivity index (χ1n) is 11.3. The molecule has 1 N–H and O–H groups in total. The average molecular weight is 345 g/mol. The molecule has 4 rings (SSSR count). The van der Waals surface area contributed by atoms with E-state index < -0.39 is 0 Å². The standard InChI is InChI=1S/C24H40O/c1-5-6-16(2)20-9-10-21-19-8-7-17-15-18(25)11-13-23(17,3)22(19)12-14-24(20,21)4/h15-16,18-22,25H,5-14H2,1-4H3. The fourth-order valence-electron chi connectivity index (χ4n) is 8.34. The van der Waals surface area contributed by atoms with Gasteiger partial charge in [-0.05, 0) is 91.8 Å². The molecule has 1 heteroatoms. The number of fused-ring (bicyclic) bond motifs is 5. The minimum atomic E-state index is -0.167. The maximum atomic E-state index is 10.1. The molecule has 0 aliphatic heterocycles. The van der Waals surface area contributed by atoms with Gasteiger partial charge in [0, 0.05) is 0 Å². The largest absolute Gasteiger partial charge is 0.389 e. The molecule has 0 aromatic heterocycles. The van der Waals surface area contributed by atoms with Gasteiger partial charge in [0.2, 0.25) is 0 Å². The van der Waals surface area contributed by atoms with E-state index in [-0.39, 0.29) is 6.10 Å². The van der Waals surface area contributed by atoms with Crippen molar-refractivity contribution >= 4 is 0 Å². The molecule has 4 aliphatic rings. The topological polar surface area (TPSA) is 20.2 Å². The third-order valence-corrected chi connectivity index (χ3v) is 9.59. The Morgan fingerprint density at radius 1 is 1.08 bits per heavy atom. The van der Waals surface area contributed by atoms with Gasteiger partial charge < -0.3 is 5.11 Å². The third-order valence-electron chi connectivity index (χ3n) is 9.59. The molecule has 0 amide bonds. The minimum absolute atomic E-state index is 0.167. The van der Waals surface area contributed by atoms with Crippen LogP contribution in [0.1, 0.15) is 91.9 Å². The van der Waals surface area contributed by atoms with Crippen molar-refractivity contribution in [3.05, 3.63) is 11.6 Å². The molecule has 0 aromatic carbocycles. The molecule has 142 valence electrons. The maximum Gasteiger partial charge on any atom is 0.0724 e. The van der Waals surface area contributed by atoms with Crippen molar-refractivity contribution in [1.29, 1.82) is 0 Å². The van der Waals surface area contributed by atoms with Gasteiger partial charge in [0.15, 0.2) is 0 Å². The predicted octanol–water partition coefficient (Wildman–Crippen LogP) is 6.36. The van der Waals surface area contributed by atoms with Crippen LogP contribution in [0.2, 0.25) is 0 Å². The van der Waals surface area contributed by atoms with Gasteiger partial charge in [-0.3, -0.25) is 0 Å². The summed E-state index contributed by atoms with van der Waals surface area (Å²) in [4.78, 5) is 0. The summed E-state index contributed by atoms with van der Waals surface area (Å²) in [5.41, 5.74) is 2.63. The molecule has 8 atom stereocenters. The van der Waals surface area contributed by atoms with E-state index in [9.17, 15) is 5.11 Å². The molecule has 0 radical (unpaired) electrons. The minimum Gasteiger partial charge on any atom is -0.389 e. The summed E-state index contributed by atoms with van der Waals surface area (Å²) in [7, 11) is 0. The lowest BCUT2D eigenvalue weighted by atomic mass is 9.46. The summed E-state index contributed by atoms with van der Waals surface area (Å²) in [5.74, 6) is 4.70. The Hall–Kier alpha value is -0.300. The summed E-state index contributed by atoms with van der Waals surface area (Å²) in [6.45, 7) is 10.1. The second kappa shape index (κ2) is 6.39. The lowest BCUT2D eigenvalue weighted by molar-refractivity contribution is -0.0625. The van der Waals surface area contributed by atoms with E-state index in [2.05, 4.69) is 33.8 Å². The van der Waals surface area contributed by atoms with Crippen molar-refractivity contribution in [2.24, 2.45) is 40.4 Å². The first-order chi connectivity index (χ1) is 11.9. The molecular formula is C24H40O. The van der Waals surface area contributed by atoms with Crippen molar-refractivity contribution < 1.29 is 5.11 Å². The van der Waals surface area contributed by atoms with Crippen molar-refractivity contribution in [2.75, 3.05) is 0 Å². The Balaban J connectivity index is 1.59. The Morgan fingerprint density at radius 3 is 2.64 bits per heavy atom. The molecule has 0 spiro atoms. The van der Waals surface area contributed by atoms with Crippen LogP contribution < -0.4 is 0 Å². The molecule has 0 aromatic rings. The molecule has 3 fully saturated rings. The Labute approximate surface area is 155 Å². The molecule has 0 heterocycles. The molecular weight excluding hydrogens is 304 g/mol. The van der Waals surface area contributed by atoms with Gasteiger partial charge >= 0.3 is 0 Å². The number of rotatable bonds is 3. The van der Waals surface area contributed by atoms with Crippen molar-refractivity contribution in [3.8, 4) is 0 Å². The van der Waals surface area contributed by atoms with Crippen LogP contribution in [0.25, 0.3) is 0 Å². The van der Waals surface area contributed by atoms with Gasteiger partial charge in [-0.25, -0.2) is 0 Å². The number of hydrogen-bond donors (Lipinski definition) is 1. The Bertz CT molecular complexity index is 536. The summed E-state index contributed by atoms with van der Waals surface area (Å²) in [5, 5.41) is 10.1. The van der Waals surface area contributed by atoms with Crippen molar-refractivity contribution in [1.82, 2.24) is 0 Å². The van der Waals surface area contributed by atoms with Gasteiger partial charge in [-0.2, -0.15) is 0 Å². The van der Waals surface area contributed by atoms with Crippen molar-refractivity contribution in [3.63, 3.8) is 0 Å². The van der Waals surface area contributed by atoms with Gasteiger partial charge in [0.25, 0.3) is 0 Å². The van der Waals surface area contributed by atoms with Gasteiger partial charge in [-0.1, -0.05) is 52.2 Å². The van der Waals surface area contributed by atoms with Crippen LogP contribution in [0.3, 0.4) is 0 Å². The Morgan fingerprint density at radius 2 is 1.88 bits per heavy atom. The monoisotopic (exact) mass is 344 g/mol. The zero-order chi connectivity index (χ0) is 17.8. The number of aliphatic hydroxyl groups excluding tert-OH is 1. The summed E-state index contributed by atoms with van der Waals surface area (Å²) in [6, 6.07) is 0. The van der Waals surface area contributed by atoms with E-state index in [1.165, 1.54) is 57.8 Å². The maximum absolute atomic E-state index is 10.1. The van der Waals surface area contributed by atoms with Crippen LogP contribution in [0.4, 0.5) is 0 Å². The number of aliphatic hydroxyl groups is 1. The van der Waals surface area contributed by atoms with Crippen molar-refractivity contribution in [2.45, 2.75) is 98.0 Å². The van der Waals surface area contributed by atoms with E-state index in [0.717, 1.165) is 36.0 Å². The normalized spacial score (nSPS) is 50.4. The van der Waals surface area contributed by atoms with Crippen LogP contribution in [-0.2, 0) is 0 Å². The van der Waals surface area contributed by atoms with E-state index in [0.29, 0.717) is 10.8 Å². The van der Waals surface area contributed by atoms with E-state index in [1.54, 1.807) is 5.57 Å². The highest BCUT2D eigenvalue weighted by Gasteiger charge is 2.59. The molecule has 1 nitrogen and oxygen atoms in total. The smallest absolute Gasteiger partial charge is 0.0724 e. The second-order valence-corrected chi connectivity index (χ2v) is 10.6. The lowest BCUT2D eigenvalue weighted by Crippen LogP contribution is -2.51. The van der Waals surface area contributed by atoms with Crippen LogP contribution in [0.15, 0.2) is 11.6 Å². The molecule has 0 bridgehead atoms. The van der Waals surface area contributed by atoms with Crippen LogP contribution >= 0.6 is 0 Å². The number of hydrogen-bond acceptors (Lipinski definition) is 1. The lowest BCUT2D eigenvalue weighted by Gasteiger charge is -2.59. The van der Waals surface area contributed by atoms with Gasteiger partial charge in [0.05, 0.1) is 6.10 Å². The van der Waals surface area contributed by atoms with E-state index in [1.807, 2.05) is 0 Å². The second-order valence-electron chi connectivity index (χ2n) is 10.6. The predicted molar refractivity (Wildman–Crippen MR) is 105 cm³/mol. The van der Waals surface area contributed by atoms with Crippen LogP contribution in [0.5, 0.6) is 0 Å². The number of allylic oxidation sites excluding steroid dienone is 1. The fourth-order valence-corrected chi connectivity index (χ4v) is 8.34. The molecule has 4 aliphatic carbocycles. The highest BCUT2D eigenvalue weighted by Crippen LogP contribution is 2.67. The summed E-state index contributed by atoms with van der Waals surface area (Å²) >= 11 is 0. The van der Waals surface area contributed by atoms with Gasteiger partial charge in [-0.15, -0.1) is 0 Å². The SMILES string of the molecule is CCCC(C)C1CCC2C3CCC4=CC(O)CCC4(C)C3CCC12C. The first kappa shape index (κ1) is 18.1. The zero-order valence-electron chi connectivity index (χ0n) is 17.1. The fraction of sp³-hybridized carbons (Fsp3) is 0.917. The quantitative estimate of drug-likeness (QED) is 0.590. The highest BCUT2D eigenvalue weighted by atomic mass is 16.3. The highest BCUT2D eigenvalue weighted by molar-refractivity contribution is 5.25. The summed E-state index contributed by atoms with van der Waals surface area (Å²) < 4.78 is 0. The summed E-state index contributed by atoms with van der Waals surface area (Å²) in [6.07, 6.45) is 15.6. The first-order valence-corrected chi connectivity index (χ1v) is 11.3. The molecule has 3 saturated carbocycles. The van der Waals surface area contributed by atoms with E-state index >= 15 is 0 Å².